The van der Waals surface area contributed by atoms with Gasteiger partial charge in [0.1, 0.15) is 0 Å². The van der Waals surface area contributed by atoms with Crippen LogP contribution in [0, 0.1) is 0 Å². The summed E-state index contributed by atoms with van der Waals surface area (Å²) in [6.07, 6.45) is 8.50. The summed E-state index contributed by atoms with van der Waals surface area (Å²) in [5.74, 6) is 0.103. The number of aromatic amines is 1. The third-order valence-electron chi connectivity index (χ3n) is 5.97. The monoisotopic (exact) mass is 437 g/mol. The number of carbonyl (C=O) groups is 1. The van der Waals surface area contributed by atoms with E-state index in [1.807, 2.05) is 35.0 Å². The van der Waals surface area contributed by atoms with Gasteiger partial charge in [0, 0.05) is 48.2 Å². The first kappa shape index (κ1) is 20.9. The lowest BCUT2D eigenvalue weighted by Crippen LogP contribution is -2.25. The van der Waals surface area contributed by atoms with Gasteiger partial charge in [0.25, 0.3) is 0 Å². The number of aryl methyl sites for hydroxylation is 2. The summed E-state index contributed by atoms with van der Waals surface area (Å²) in [5.41, 5.74) is 5.28. The van der Waals surface area contributed by atoms with Crippen LogP contribution in [-0.4, -0.2) is 32.0 Å². The van der Waals surface area contributed by atoms with E-state index >= 15 is 0 Å². The number of H-pyrrole nitrogens is 1. The van der Waals surface area contributed by atoms with E-state index in [-0.39, 0.29) is 5.91 Å². The van der Waals surface area contributed by atoms with Crippen molar-refractivity contribution < 1.29 is 4.79 Å². The van der Waals surface area contributed by atoms with E-state index in [1.54, 1.807) is 12.5 Å². The molecule has 0 fully saturated rings. The number of benzene rings is 2. The predicted molar refractivity (Wildman–Crippen MR) is 132 cm³/mol. The Kier molecular flexibility index (Phi) is 6.15. The van der Waals surface area contributed by atoms with Crippen molar-refractivity contribution in [3.63, 3.8) is 0 Å². The fourth-order valence-corrected chi connectivity index (χ4v) is 4.31. The van der Waals surface area contributed by atoms with Crippen molar-refractivity contribution in [2.24, 2.45) is 0 Å². The number of nitrogens with one attached hydrogen (secondary N) is 2. The van der Waals surface area contributed by atoms with Crippen molar-refractivity contribution in [3.8, 4) is 11.4 Å². The number of nitrogens with zero attached hydrogens (tertiary/aromatic N) is 3. The van der Waals surface area contributed by atoms with Crippen molar-refractivity contribution in [3.05, 3.63) is 84.9 Å². The van der Waals surface area contributed by atoms with Gasteiger partial charge in [-0.25, -0.2) is 9.97 Å². The highest BCUT2D eigenvalue weighted by atomic mass is 16.1. The summed E-state index contributed by atoms with van der Waals surface area (Å²) in [7, 11) is 0. The van der Waals surface area contributed by atoms with Gasteiger partial charge in [-0.1, -0.05) is 42.5 Å². The highest BCUT2D eigenvalue weighted by Crippen LogP contribution is 2.31. The fraction of sp³-hybridized carbons (Fsp3) is 0.222. The Morgan fingerprint density at radius 3 is 2.79 bits per heavy atom. The van der Waals surface area contributed by atoms with Gasteiger partial charge in [0.2, 0.25) is 5.91 Å². The van der Waals surface area contributed by atoms with Gasteiger partial charge in [-0.2, -0.15) is 0 Å². The van der Waals surface area contributed by atoms with Gasteiger partial charge in [-0.15, -0.1) is 0 Å². The van der Waals surface area contributed by atoms with Crippen LogP contribution in [-0.2, 0) is 17.8 Å². The maximum Gasteiger partial charge on any atom is 0.220 e. The molecule has 6 nitrogen and oxygen atoms in total. The molecule has 0 spiro atoms. The molecule has 3 aromatic heterocycles. The van der Waals surface area contributed by atoms with Crippen LogP contribution in [0.25, 0.3) is 33.2 Å². The number of fused-ring (bicyclic) bond motifs is 2. The average molecular weight is 438 g/mol. The maximum absolute atomic E-state index is 12.3. The number of imidazole rings is 1. The lowest BCUT2D eigenvalue weighted by Gasteiger charge is -2.08. The Morgan fingerprint density at radius 2 is 1.88 bits per heavy atom. The average Bonchev–Trinajstić information content (AvgIpc) is 3.50. The van der Waals surface area contributed by atoms with Crippen molar-refractivity contribution in [1.29, 1.82) is 0 Å². The molecular weight excluding hydrogens is 410 g/mol. The molecule has 6 heteroatoms. The summed E-state index contributed by atoms with van der Waals surface area (Å²) in [6.45, 7) is 1.54. The minimum Gasteiger partial charge on any atom is -0.356 e. The minimum atomic E-state index is 0.103. The molecule has 0 aliphatic rings. The van der Waals surface area contributed by atoms with Gasteiger partial charge in [-0.05, 0) is 43.0 Å². The topological polar surface area (TPSA) is 75.6 Å². The summed E-state index contributed by atoms with van der Waals surface area (Å²) >= 11 is 0. The SMILES string of the molecule is O=C(CCCc1c(-c2ccc3ccccc3n2)[nH]c2ccccc12)NCCCn1ccnc1. The zero-order valence-corrected chi connectivity index (χ0v) is 18.5. The Morgan fingerprint density at radius 1 is 1.00 bits per heavy atom. The van der Waals surface area contributed by atoms with Crippen LogP contribution in [0.3, 0.4) is 0 Å². The Labute approximate surface area is 192 Å². The molecule has 0 aliphatic carbocycles. The highest BCUT2D eigenvalue weighted by Gasteiger charge is 2.15. The standard InChI is InChI=1S/C27H27N5O/c33-26(29-15-6-17-32-18-16-28-19-32)12-5-9-22-21-8-2-4-11-24(21)31-27(22)25-14-13-20-7-1-3-10-23(20)30-25/h1-4,7-8,10-11,13-14,16,18-19,31H,5-6,9,12,15,17H2,(H,29,33). The Bertz CT molecular complexity index is 1370. The maximum atomic E-state index is 12.3. The number of hydrogen-bond acceptors (Lipinski definition) is 3. The molecule has 2 N–H and O–H groups in total. The highest BCUT2D eigenvalue weighted by molar-refractivity contribution is 5.91. The molecular formula is C27H27N5O. The zero-order chi connectivity index (χ0) is 22.5. The van der Waals surface area contributed by atoms with E-state index in [0.717, 1.165) is 53.6 Å². The first-order valence-corrected chi connectivity index (χ1v) is 11.5. The molecule has 5 aromatic rings. The molecule has 3 heterocycles. The van der Waals surface area contributed by atoms with Gasteiger partial charge >= 0.3 is 0 Å². The van der Waals surface area contributed by atoms with Crippen molar-refractivity contribution in [2.45, 2.75) is 32.2 Å². The molecule has 0 saturated carbocycles. The molecule has 1 amide bonds. The number of aromatic nitrogens is 4. The molecule has 33 heavy (non-hydrogen) atoms. The summed E-state index contributed by atoms with van der Waals surface area (Å²) in [6, 6.07) is 20.7. The summed E-state index contributed by atoms with van der Waals surface area (Å²) in [4.78, 5) is 24.8. The third kappa shape index (κ3) is 4.80. The molecule has 0 radical (unpaired) electrons. The van der Waals surface area contributed by atoms with Crippen LogP contribution in [0.1, 0.15) is 24.8 Å². The summed E-state index contributed by atoms with van der Waals surface area (Å²) in [5, 5.41) is 5.36. The molecule has 2 aromatic carbocycles. The van der Waals surface area contributed by atoms with E-state index in [1.165, 1.54) is 10.9 Å². The van der Waals surface area contributed by atoms with Crippen molar-refractivity contribution in [1.82, 2.24) is 24.8 Å². The molecule has 0 atom stereocenters. The van der Waals surface area contributed by atoms with Crippen LogP contribution in [0.4, 0.5) is 0 Å². The third-order valence-corrected chi connectivity index (χ3v) is 5.97. The van der Waals surface area contributed by atoms with E-state index in [4.69, 9.17) is 4.98 Å². The number of rotatable bonds is 9. The van der Waals surface area contributed by atoms with Crippen molar-refractivity contribution in [2.75, 3.05) is 6.54 Å². The lowest BCUT2D eigenvalue weighted by molar-refractivity contribution is -0.121. The first-order chi connectivity index (χ1) is 16.3. The predicted octanol–water partition coefficient (Wildman–Crippen LogP) is 5.11. The fourth-order valence-electron chi connectivity index (χ4n) is 4.31. The number of hydrogen-bond donors (Lipinski definition) is 2. The van der Waals surface area contributed by atoms with E-state index in [2.05, 4.69) is 51.7 Å². The van der Waals surface area contributed by atoms with Crippen LogP contribution >= 0.6 is 0 Å². The van der Waals surface area contributed by atoms with Gasteiger partial charge in [-0.3, -0.25) is 4.79 Å². The molecule has 5 rings (SSSR count). The van der Waals surface area contributed by atoms with Gasteiger partial charge in [0.15, 0.2) is 0 Å². The van der Waals surface area contributed by atoms with Crippen LogP contribution < -0.4 is 5.32 Å². The second-order valence-corrected chi connectivity index (χ2v) is 8.27. The second kappa shape index (κ2) is 9.69. The Balaban J connectivity index is 1.26. The molecule has 0 aliphatic heterocycles. The van der Waals surface area contributed by atoms with Crippen LogP contribution in [0.5, 0.6) is 0 Å². The van der Waals surface area contributed by atoms with Crippen molar-refractivity contribution >= 4 is 27.7 Å². The lowest BCUT2D eigenvalue weighted by atomic mass is 10.0. The first-order valence-electron chi connectivity index (χ1n) is 11.5. The number of pyridine rings is 1. The van der Waals surface area contributed by atoms with E-state index < -0.39 is 0 Å². The van der Waals surface area contributed by atoms with Gasteiger partial charge < -0.3 is 14.9 Å². The van der Waals surface area contributed by atoms with Gasteiger partial charge in [0.05, 0.1) is 23.2 Å². The summed E-state index contributed by atoms with van der Waals surface area (Å²) < 4.78 is 2.02. The normalized spacial score (nSPS) is 11.3. The largest absolute Gasteiger partial charge is 0.356 e. The molecule has 0 bridgehead atoms. The van der Waals surface area contributed by atoms with Crippen LogP contribution in [0.15, 0.2) is 79.4 Å². The van der Waals surface area contributed by atoms with Crippen LogP contribution in [0.2, 0.25) is 0 Å². The smallest absolute Gasteiger partial charge is 0.220 e. The molecule has 0 saturated heterocycles. The zero-order valence-electron chi connectivity index (χ0n) is 18.5. The minimum absolute atomic E-state index is 0.103. The number of amides is 1. The quantitative estimate of drug-likeness (QED) is 0.315. The van der Waals surface area contributed by atoms with E-state index in [9.17, 15) is 4.79 Å². The number of para-hydroxylation sites is 2. The molecule has 0 unspecified atom stereocenters. The molecule has 166 valence electrons. The number of carbonyl (C=O) groups excluding carboxylic acids is 1. The second-order valence-electron chi connectivity index (χ2n) is 8.27. The van der Waals surface area contributed by atoms with E-state index in [0.29, 0.717) is 13.0 Å². The Hall–Kier alpha value is -3.93.